The van der Waals surface area contributed by atoms with Gasteiger partial charge in [-0.05, 0) is 55.2 Å². The number of aryl methyl sites for hydroxylation is 2. The van der Waals surface area contributed by atoms with E-state index in [0.717, 1.165) is 29.8 Å². The first-order chi connectivity index (χ1) is 10.6. The van der Waals surface area contributed by atoms with Crippen molar-refractivity contribution in [3.63, 3.8) is 0 Å². The fraction of sp³-hybridized carbons (Fsp3) is 0.250. The van der Waals surface area contributed by atoms with Crippen molar-refractivity contribution in [2.45, 2.75) is 27.2 Å². The molecular formula is C20H23NO. The van der Waals surface area contributed by atoms with Gasteiger partial charge < -0.3 is 5.11 Å². The lowest BCUT2D eigenvalue weighted by Gasteiger charge is -2.06. The summed E-state index contributed by atoms with van der Waals surface area (Å²) in [5, 5.41) is 9.60. The minimum atomic E-state index is 0.330. The van der Waals surface area contributed by atoms with Crippen LogP contribution in [0.15, 0.2) is 53.5 Å². The van der Waals surface area contributed by atoms with Gasteiger partial charge in [-0.2, -0.15) is 0 Å². The van der Waals surface area contributed by atoms with Crippen molar-refractivity contribution in [2.24, 2.45) is 4.99 Å². The van der Waals surface area contributed by atoms with Crippen LogP contribution in [0.3, 0.4) is 0 Å². The van der Waals surface area contributed by atoms with Crippen molar-refractivity contribution in [2.75, 3.05) is 6.54 Å². The molecule has 0 spiro atoms. The van der Waals surface area contributed by atoms with Crippen LogP contribution in [0.4, 0.5) is 0 Å². The average molecular weight is 293 g/mol. The Morgan fingerprint density at radius 1 is 1.09 bits per heavy atom. The van der Waals surface area contributed by atoms with E-state index in [1.807, 2.05) is 37.3 Å². The SMILES string of the molecule is CCCN=C(/C=C/c1ccc(O)c(C)c1)c1ccccc1C. The molecule has 0 aliphatic carbocycles. The summed E-state index contributed by atoms with van der Waals surface area (Å²) in [6, 6.07) is 13.9. The monoisotopic (exact) mass is 293 g/mol. The summed E-state index contributed by atoms with van der Waals surface area (Å²) >= 11 is 0. The van der Waals surface area contributed by atoms with Crippen LogP contribution in [0, 0.1) is 13.8 Å². The summed E-state index contributed by atoms with van der Waals surface area (Å²) < 4.78 is 0. The molecule has 0 amide bonds. The second-order valence-corrected chi connectivity index (χ2v) is 5.46. The van der Waals surface area contributed by atoms with Gasteiger partial charge in [0.15, 0.2) is 0 Å². The van der Waals surface area contributed by atoms with Gasteiger partial charge in [0.1, 0.15) is 5.75 Å². The van der Waals surface area contributed by atoms with Crippen LogP contribution in [-0.2, 0) is 0 Å². The highest BCUT2D eigenvalue weighted by Gasteiger charge is 2.03. The molecule has 0 unspecified atom stereocenters. The van der Waals surface area contributed by atoms with Gasteiger partial charge in [0.2, 0.25) is 0 Å². The first kappa shape index (κ1) is 16.0. The van der Waals surface area contributed by atoms with Crippen molar-refractivity contribution < 1.29 is 5.11 Å². The predicted molar refractivity (Wildman–Crippen MR) is 94.8 cm³/mol. The molecule has 0 aliphatic heterocycles. The molecule has 114 valence electrons. The molecule has 0 aromatic heterocycles. The molecule has 0 saturated carbocycles. The molecule has 2 nitrogen and oxygen atoms in total. The zero-order valence-corrected chi connectivity index (χ0v) is 13.5. The lowest BCUT2D eigenvalue weighted by Crippen LogP contribution is -2.01. The molecule has 0 radical (unpaired) electrons. The smallest absolute Gasteiger partial charge is 0.118 e. The summed E-state index contributed by atoms with van der Waals surface area (Å²) in [7, 11) is 0. The molecule has 2 rings (SSSR count). The Kier molecular flexibility index (Phi) is 5.54. The molecule has 2 heteroatoms. The Morgan fingerprint density at radius 2 is 1.86 bits per heavy atom. The number of phenols is 1. The maximum Gasteiger partial charge on any atom is 0.118 e. The quantitative estimate of drug-likeness (QED) is 0.780. The van der Waals surface area contributed by atoms with Gasteiger partial charge in [-0.25, -0.2) is 0 Å². The van der Waals surface area contributed by atoms with Crippen molar-refractivity contribution in [1.29, 1.82) is 0 Å². The number of nitrogens with zero attached hydrogens (tertiary/aromatic N) is 1. The van der Waals surface area contributed by atoms with E-state index in [1.165, 1.54) is 11.1 Å². The highest BCUT2D eigenvalue weighted by Crippen LogP contribution is 2.18. The Balaban J connectivity index is 2.33. The van der Waals surface area contributed by atoms with Crippen LogP contribution >= 0.6 is 0 Å². The number of phenolic OH excluding ortho intramolecular Hbond substituents is 1. The number of aromatic hydroxyl groups is 1. The van der Waals surface area contributed by atoms with E-state index in [-0.39, 0.29) is 0 Å². The zero-order valence-electron chi connectivity index (χ0n) is 13.5. The summed E-state index contributed by atoms with van der Waals surface area (Å²) in [5.74, 6) is 0.330. The van der Waals surface area contributed by atoms with Gasteiger partial charge in [-0.1, -0.05) is 43.3 Å². The lowest BCUT2D eigenvalue weighted by atomic mass is 10.0. The van der Waals surface area contributed by atoms with E-state index >= 15 is 0 Å². The molecule has 22 heavy (non-hydrogen) atoms. The first-order valence-electron chi connectivity index (χ1n) is 7.70. The van der Waals surface area contributed by atoms with E-state index in [0.29, 0.717) is 5.75 Å². The fourth-order valence-corrected chi connectivity index (χ4v) is 2.28. The molecule has 0 fully saturated rings. The number of rotatable bonds is 5. The number of aliphatic imine (C=N–C) groups is 1. The molecule has 1 N–H and O–H groups in total. The molecular weight excluding hydrogens is 270 g/mol. The fourth-order valence-electron chi connectivity index (χ4n) is 2.28. The number of allylic oxidation sites excluding steroid dienone is 1. The van der Waals surface area contributed by atoms with Crippen molar-refractivity contribution >= 4 is 11.8 Å². The topological polar surface area (TPSA) is 32.6 Å². The average Bonchev–Trinajstić information content (AvgIpc) is 2.52. The number of benzene rings is 2. The van der Waals surface area contributed by atoms with Gasteiger partial charge in [-0.3, -0.25) is 4.99 Å². The summed E-state index contributed by atoms with van der Waals surface area (Å²) in [6.07, 6.45) is 5.14. The largest absolute Gasteiger partial charge is 0.508 e. The van der Waals surface area contributed by atoms with Gasteiger partial charge in [0, 0.05) is 12.1 Å². The summed E-state index contributed by atoms with van der Waals surface area (Å²) in [4.78, 5) is 4.71. The van der Waals surface area contributed by atoms with Gasteiger partial charge in [0.05, 0.1) is 5.71 Å². The van der Waals surface area contributed by atoms with Crippen molar-refractivity contribution in [1.82, 2.24) is 0 Å². The first-order valence-corrected chi connectivity index (χ1v) is 7.70. The van der Waals surface area contributed by atoms with Crippen LogP contribution in [0.2, 0.25) is 0 Å². The third-order valence-corrected chi connectivity index (χ3v) is 3.58. The van der Waals surface area contributed by atoms with Crippen LogP contribution in [0.25, 0.3) is 6.08 Å². The molecule has 0 heterocycles. The maximum absolute atomic E-state index is 9.60. The minimum absolute atomic E-state index is 0.330. The third-order valence-electron chi connectivity index (χ3n) is 3.58. The van der Waals surface area contributed by atoms with Crippen LogP contribution in [0.5, 0.6) is 5.75 Å². The summed E-state index contributed by atoms with van der Waals surface area (Å²) in [5.41, 5.74) is 5.34. The van der Waals surface area contributed by atoms with E-state index in [2.05, 4.69) is 32.1 Å². The molecule has 0 atom stereocenters. The van der Waals surface area contributed by atoms with E-state index in [1.54, 1.807) is 6.07 Å². The normalized spacial score (nSPS) is 12.0. The van der Waals surface area contributed by atoms with Crippen LogP contribution in [0.1, 0.15) is 35.6 Å². The highest BCUT2D eigenvalue weighted by molar-refractivity contribution is 6.11. The Hall–Kier alpha value is -2.35. The molecule has 0 saturated heterocycles. The molecule has 2 aromatic carbocycles. The second-order valence-electron chi connectivity index (χ2n) is 5.46. The zero-order chi connectivity index (χ0) is 15.9. The van der Waals surface area contributed by atoms with E-state index < -0.39 is 0 Å². The third kappa shape index (κ3) is 4.08. The van der Waals surface area contributed by atoms with E-state index in [9.17, 15) is 5.11 Å². The lowest BCUT2D eigenvalue weighted by molar-refractivity contribution is 0.471. The van der Waals surface area contributed by atoms with Crippen molar-refractivity contribution in [3.8, 4) is 5.75 Å². The standard InChI is InChI=1S/C20H23NO/c1-4-13-21-19(18-8-6-5-7-15(18)2)11-9-17-10-12-20(22)16(3)14-17/h5-12,14,22H,4,13H2,1-3H3/b11-9+,21-19?. The van der Waals surface area contributed by atoms with E-state index in [4.69, 9.17) is 4.99 Å². The highest BCUT2D eigenvalue weighted by atomic mass is 16.3. The minimum Gasteiger partial charge on any atom is -0.508 e. The maximum atomic E-state index is 9.60. The Morgan fingerprint density at radius 3 is 2.55 bits per heavy atom. The summed E-state index contributed by atoms with van der Waals surface area (Å²) in [6.45, 7) is 6.96. The Bertz CT molecular complexity index is 699. The number of hydrogen-bond donors (Lipinski definition) is 1. The number of hydrogen-bond acceptors (Lipinski definition) is 2. The van der Waals surface area contributed by atoms with Gasteiger partial charge in [-0.15, -0.1) is 0 Å². The molecule has 2 aromatic rings. The van der Waals surface area contributed by atoms with Crippen molar-refractivity contribution in [3.05, 3.63) is 70.8 Å². The Labute approximate surface area is 132 Å². The molecule has 0 bridgehead atoms. The van der Waals surface area contributed by atoms with Gasteiger partial charge in [0.25, 0.3) is 0 Å². The molecule has 0 aliphatic rings. The predicted octanol–water partition coefficient (Wildman–Crippen LogP) is 4.92. The second kappa shape index (κ2) is 7.60. The van der Waals surface area contributed by atoms with Crippen LogP contribution in [-0.4, -0.2) is 17.4 Å². The van der Waals surface area contributed by atoms with Crippen LogP contribution < -0.4 is 0 Å². The van der Waals surface area contributed by atoms with Gasteiger partial charge >= 0.3 is 0 Å².